The number of hydrogen-bond acceptors (Lipinski definition) is 6. The third kappa shape index (κ3) is 5.92. The summed E-state index contributed by atoms with van der Waals surface area (Å²) in [4.78, 5) is 7.07. The summed E-state index contributed by atoms with van der Waals surface area (Å²) < 4.78 is 18.2. The van der Waals surface area contributed by atoms with Gasteiger partial charge >= 0.3 is 0 Å². The number of hydrogen-bond donors (Lipinski definition) is 1. The molecule has 0 spiro atoms. The predicted molar refractivity (Wildman–Crippen MR) is 157 cm³/mol. The molecule has 2 aromatic carbocycles. The minimum atomic E-state index is -0.857. The first kappa shape index (κ1) is 27.8. The lowest BCUT2D eigenvalue weighted by Crippen LogP contribution is -2.55. The maximum atomic E-state index is 11.8. The van der Waals surface area contributed by atoms with Gasteiger partial charge in [0.25, 0.3) is 0 Å². The lowest BCUT2D eigenvalue weighted by molar-refractivity contribution is -0.125. The van der Waals surface area contributed by atoms with Crippen molar-refractivity contribution in [3.63, 3.8) is 0 Å². The standard InChI is InChI=1S/C32H37BrN2O4/c1-31(2)22-35(17-14-32(31,36)23-8-10-24(33)11-9-23)16-5-7-26-27-6-4-15-34-29(27)21-39-30-13-12-25(20-28(26)30)38-19-18-37-3/h4,6-13,15,20,36H,5,14,16-19,21-22H2,1-3H3/b26-7+/t32-/m0/s1. The Kier molecular flexibility index (Phi) is 8.43. The van der Waals surface area contributed by atoms with E-state index in [0.29, 0.717) is 26.2 Å². The van der Waals surface area contributed by atoms with E-state index in [0.717, 1.165) is 70.0 Å². The van der Waals surface area contributed by atoms with Gasteiger partial charge in [-0.3, -0.25) is 4.98 Å². The number of methoxy groups -OCH3 is 1. The van der Waals surface area contributed by atoms with Crippen molar-refractivity contribution < 1.29 is 19.3 Å². The van der Waals surface area contributed by atoms with Gasteiger partial charge in [0.1, 0.15) is 24.7 Å². The molecule has 0 bridgehead atoms. The summed E-state index contributed by atoms with van der Waals surface area (Å²) in [5.74, 6) is 1.62. The zero-order chi connectivity index (χ0) is 27.5. The maximum Gasteiger partial charge on any atom is 0.131 e. The van der Waals surface area contributed by atoms with E-state index >= 15 is 0 Å². The van der Waals surface area contributed by atoms with Gasteiger partial charge in [0, 0.05) is 54.0 Å². The first-order valence-corrected chi connectivity index (χ1v) is 14.3. The smallest absolute Gasteiger partial charge is 0.131 e. The minimum Gasteiger partial charge on any atom is -0.491 e. The van der Waals surface area contributed by atoms with Gasteiger partial charge in [-0.25, -0.2) is 0 Å². The molecule has 3 heterocycles. The number of pyridine rings is 1. The Labute approximate surface area is 239 Å². The van der Waals surface area contributed by atoms with Crippen LogP contribution in [0.5, 0.6) is 11.5 Å². The molecule has 5 rings (SSSR count). The predicted octanol–water partition coefficient (Wildman–Crippen LogP) is 6.20. The molecule has 0 unspecified atom stereocenters. The molecule has 6 nitrogen and oxygen atoms in total. The van der Waals surface area contributed by atoms with Gasteiger partial charge in [0.05, 0.1) is 17.9 Å². The number of fused-ring (bicyclic) bond motifs is 2. The highest BCUT2D eigenvalue weighted by Gasteiger charge is 2.48. The van der Waals surface area contributed by atoms with E-state index in [1.807, 2.05) is 48.7 Å². The van der Waals surface area contributed by atoms with Gasteiger partial charge in [-0.1, -0.05) is 54.1 Å². The molecule has 1 N–H and O–H groups in total. The van der Waals surface area contributed by atoms with Crippen LogP contribution < -0.4 is 9.47 Å². The Morgan fingerprint density at radius 2 is 1.92 bits per heavy atom. The molecule has 1 aromatic heterocycles. The molecule has 2 aliphatic heterocycles. The van der Waals surface area contributed by atoms with Crippen LogP contribution in [0.25, 0.3) is 5.57 Å². The molecule has 206 valence electrons. The van der Waals surface area contributed by atoms with E-state index in [2.05, 4.69) is 57.9 Å². The van der Waals surface area contributed by atoms with E-state index < -0.39 is 5.60 Å². The first-order chi connectivity index (χ1) is 18.8. The van der Waals surface area contributed by atoms with Gasteiger partial charge < -0.3 is 24.2 Å². The Hall–Kier alpha value is -2.71. The number of rotatable bonds is 8. The van der Waals surface area contributed by atoms with Crippen molar-refractivity contribution in [1.82, 2.24) is 9.88 Å². The average molecular weight is 594 g/mol. The number of nitrogens with zero attached hydrogens (tertiary/aromatic N) is 2. The molecule has 0 amide bonds. The van der Waals surface area contributed by atoms with Crippen molar-refractivity contribution >= 4 is 21.5 Å². The van der Waals surface area contributed by atoms with Crippen LogP contribution in [0, 0.1) is 5.41 Å². The Morgan fingerprint density at radius 1 is 1.10 bits per heavy atom. The maximum absolute atomic E-state index is 11.8. The lowest BCUT2D eigenvalue weighted by atomic mass is 9.66. The highest BCUT2D eigenvalue weighted by Crippen LogP contribution is 2.46. The third-order valence-corrected chi connectivity index (χ3v) is 8.51. The summed E-state index contributed by atoms with van der Waals surface area (Å²) in [6, 6.07) is 18.2. The number of piperidine rings is 1. The fourth-order valence-corrected chi connectivity index (χ4v) is 6.02. The number of benzene rings is 2. The number of aliphatic hydroxyl groups is 1. The highest BCUT2D eigenvalue weighted by atomic mass is 79.9. The van der Waals surface area contributed by atoms with Gasteiger partial charge in [-0.05, 0) is 60.4 Å². The van der Waals surface area contributed by atoms with Gasteiger partial charge in [0.15, 0.2) is 0 Å². The van der Waals surface area contributed by atoms with Crippen LogP contribution in [0.1, 0.15) is 49.1 Å². The SMILES string of the molecule is COCCOc1ccc2c(c1)/C(=C/CCN1CC[C@](O)(c3ccc(Br)cc3)C(C)(C)C1)c1cccnc1CO2. The molecule has 0 radical (unpaired) electrons. The van der Waals surface area contributed by atoms with E-state index in [1.165, 1.54) is 0 Å². The number of ether oxygens (including phenoxy) is 3. The van der Waals surface area contributed by atoms with Crippen LogP contribution in [-0.2, 0) is 16.9 Å². The Balaban J connectivity index is 1.35. The van der Waals surface area contributed by atoms with Crippen molar-refractivity contribution in [2.24, 2.45) is 5.41 Å². The van der Waals surface area contributed by atoms with Crippen LogP contribution >= 0.6 is 15.9 Å². The van der Waals surface area contributed by atoms with E-state index in [4.69, 9.17) is 14.2 Å². The number of likely N-dealkylation sites (tertiary alicyclic amines) is 1. The second-order valence-corrected chi connectivity index (χ2v) is 11.9. The van der Waals surface area contributed by atoms with Gasteiger partial charge in [-0.15, -0.1) is 0 Å². The van der Waals surface area contributed by atoms with E-state index in [9.17, 15) is 5.11 Å². The van der Waals surface area contributed by atoms with Crippen molar-refractivity contribution in [2.75, 3.05) is 40.0 Å². The van der Waals surface area contributed by atoms with Crippen molar-refractivity contribution in [3.8, 4) is 11.5 Å². The van der Waals surface area contributed by atoms with Crippen LogP contribution in [-0.4, -0.2) is 54.9 Å². The summed E-state index contributed by atoms with van der Waals surface area (Å²) in [6.07, 6.45) is 5.68. The molecule has 1 atom stereocenters. The number of aromatic nitrogens is 1. The molecule has 2 aliphatic rings. The summed E-state index contributed by atoms with van der Waals surface area (Å²) in [7, 11) is 1.67. The van der Waals surface area contributed by atoms with Crippen molar-refractivity contribution in [3.05, 3.63) is 93.7 Å². The zero-order valence-electron chi connectivity index (χ0n) is 23.0. The molecule has 1 fully saturated rings. The van der Waals surface area contributed by atoms with E-state index in [-0.39, 0.29) is 5.41 Å². The minimum absolute atomic E-state index is 0.292. The lowest BCUT2D eigenvalue weighted by Gasteiger charge is -2.50. The van der Waals surface area contributed by atoms with Crippen molar-refractivity contribution in [2.45, 2.75) is 38.9 Å². The van der Waals surface area contributed by atoms with Crippen LogP contribution in [0.2, 0.25) is 0 Å². The Bertz CT molecular complexity index is 1320. The second-order valence-electron chi connectivity index (χ2n) is 11.0. The summed E-state index contributed by atoms with van der Waals surface area (Å²) in [6.45, 7) is 8.36. The molecule has 7 heteroatoms. The fraction of sp³-hybridized carbons (Fsp3) is 0.406. The topological polar surface area (TPSA) is 64.1 Å². The van der Waals surface area contributed by atoms with Crippen LogP contribution in [0.3, 0.4) is 0 Å². The molecule has 0 saturated carbocycles. The van der Waals surface area contributed by atoms with Crippen molar-refractivity contribution in [1.29, 1.82) is 0 Å². The fourth-order valence-electron chi connectivity index (χ4n) is 5.76. The average Bonchev–Trinajstić information content (AvgIpc) is 3.08. The van der Waals surface area contributed by atoms with E-state index in [1.54, 1.807) is 7.11 Å². The molecular formula is C32H37BrN2O4. The van der Waals surface area contributed by atoms with Gasteiger partial charge in [0.2, 0.25) is 0 Å². The summed E-state index contributed by atoms with van der Waals surface area (Å²) in [5.41, 5.74) is 3.99. The normalized spacial score (nSPS) is 21.5. The van der Waals surface area contributed by atoms with Crippen LogP contribution in [0.15, 0.2) is 71.3 Å². The largest absolute Gasteiger partial charge is 0.491 e. The molecule has 3 aromatic rings. The molecular weight excluding hydrogens is 556 g/mol. The first-order valence-electron chi connectivity index (χ1n) is 13.5. The molecule has 0 aliphatic carbocycles. The summed E-state index contributed by atoms with van der Waals surface area (Å²) in [5, 5.41) is 11.8. The van der Waals surface area contributed by atoms with Gasteiger partial charge in [-0.2, -0.15) is 0 Å². The quantitative estimate of drug-likeness (QED) is 0.314. The summed E-state index contributed by atoms with van der Waals surface area (Å²) >= 11 is 3.51. The third-order valence-electron chi connectivity index (χ3n) is 7.99. The highest BCUT2D eigenvalue weighted by molar-refractivity contribution is 9.10. The number of halogens is 1. The molecule has 1 saturated heterocycles. The monoisotopic (exact) mass is 592 g/mol. The Morgan fingerprint density at radius 3 is 2.69 bits per heavy atom. The zero-order valence-corrected chi connectivity index (χ0v) is 24.5. The van der Waals surface area contributed by atoms with Crippen LogP contribution in [0.4, 0.5) is 0 Å². The molecule has 39 heavy (non-hydrogen) atoms. The second kappa shape index (κ2) is 11.8.